The number of hydrogen-bond acceptors (Lipinski definition) is 4. The molecule has 2 fully saturated rings. The van der Waals surface area contributed by atoms with E-state index in [1.54, 1.807) is 0 Å². The first kappa shape index (κ1) is 18.4. The quantitative estimate of drug-likeness (QED) is 0.853. The number of nitrogens with one attached hydrogen (secondary N) is 1. The number of carbonyl (C=O) groups is 1. The van der Waals surface area contributed by atoms with Gasteiger partial charge in [-0.3, -0.25) is 9.69 Å². The van der Waals surface area contributed by atoms with Gasteiger partial charge in [-0.25, -0.2) is 0 Å². The van der Waals surface area contributed by atoms with Crippen molar-refractivity contribution in [1.82, 2.24) is 15.1 Å². The molecule has 0 bridgehead atoms. The molecule has 2 aliphatic rings. The van der Waals surface area contributed by atoms with Gasteiger partial charge in [-0.1, -0.05) is 30.3 Å². The lowest BCUT2D eigenvalue weighted by Gasteiger charge is -2.37. The third-order valence-corrected chi connectivity index (χ3v) is 5.40. The minimum atomic E-state index is -0.300. The second-order valence-electron chi connectivity index (χ2n) is 7.24. The predicted molar refractivity (Wildman–Crippen MR) is 99.3 cm³/mol. The molecular formula is C20H31N3O2. The normalized spacial score (nSPS) is 22.9. The lowest BCUT2D eigenvalue weighted by Crippen LogP contribution is -2.52. The zero-order valence-corrected chi connectivity index (χ0v) is 15.3. The van der Waals surface area contributed by atoms with E-state index in [-0.39, 0.29) is 12.0 Å². The van der Waals surface area contributed by atoms with Crippen LogP contribution in [0.2, 0.25) is 0 Å². The molecule has 1 unspecified atom stereocenters. The molecule has 0 spiro atoms. The lowest BCUT2D eigenvalue weighted by atomic mass is 9.93. The molecule has 0 aliphatic carbocycles. The first-order valence-electron chi connectivity index (χ1n) is 9.57. The highest BCUT2D eigenvalue weighted by Crippen LogP contribution is 2.22. The van der Waals surface area contributed by atoms with Crippen LogP contribution in [0.15, 0.2) is 30.3 Å². The maximum absolute atomic E-state index is 12.8. The molecule has 2 heterocycles. The third-order valence-electron chi connectivity index (χ3n) is 5.40. The smallest absolute Gasteiger partial charge is 0.253 e. The number of amides is 1. The summed E-state index contributed by atoms with van der Waals surface area (Å²) in [6, 6.07) is 10.5. The Kier molecular flexibility index (Phi) is 6.84. The van der Waals surface area contributed by atoms with Crippen molar-refractivity contribution in [3.05, 3.63) is 35.9 Å². The van der Waals surface area contributed by atoms with Gasteiger partial charge in [0.15, 0.2) is 0 Å². The molecule has 1 aromatic carbocycles. The van der Waals surface area contributed by atoms with Gasteiger partial charge in [0, 0.05) is 32.7 Å². The van der Waals surface area contributed by atoms with Crippen LogP contribution in [0.1, 0.15) is 24.8 Å². The van der Waals surface area contributed by atoms with Crippen molar-refractivity contribution < 1.29 is 9.53 Å². The molecule has 1 atom stereocenters. The Labute approximate surface area is 151 Å². The molecule has 3 rings (SSSR count). The average Bonchev–Trinajstić information content (AvgIpc) is 2.67. The summed E-state index contributed by atoms with van der Waals surface area (Å²) in [5, 5.41) is 3.22. The monoisotopic (exact) mass is 345 g/mol. The standard InChI is InChI=1S/C20H31N3O2/c1-21-10-7-17-8-11-23(12-9-17)20(24)19-16-22(13-14-25-19)15-18-5-3-2-4-6-18/h2-6,17,19,21H,7-16H2,1H3. The highest BCUT2D eigenvalue weighted by molar-refractivity contribution is 5.81. The van der Waals surface area contributed by atoms with Gasteiger partial charge < -0.3 is 15.0 Å². The van der Waals surface area contributed by atoms with Crippen molar-refractivity contribution in [3.8, 4) is 0 Å². The molecule has 1 aromatic rings. The van der Waals surface area contributed by atoms with Gasteiger partial charge in [-0.05, 0) is 44.3 Å². The molecule has 138 valence electrons. The number of ether oxygens (including phenoxy) is 1. The van der Waals surface area contributed by atoms with Gasteiger partial charge in [-0.2, -0.15) is 0 Å². The van der Waals surface area contributed by atoms with Crippen LogP contribution >= 0.6 is 0 Å². The highest BCUT2D eigenvalue weighted by atomic mass is 16.5. The second-order valence-corrected chi connectivity index (χ2v) is 7.24. The Balaban J connectivity index is 1.47. The van der Waals surface area contributed by atoms with Crippen LogP contribution in [0, 0.1) is 5.92 Å². The van der Waals surface area contributed by atoms with Gasteiger partial charge in [0.25, 0.3) is 5.91 Å². The van der Waals surface area contributed by atoms with Crippen LogP contribution in [0.5, 0.6) is 0 Å². The van der Waals surface area contributed by atoms with E-state index in [1.807, 2.05) is 18.0 Å². The maximum Gasteiger partial charge on any atom is 0.253 e. The molecule has 25 heavy (non-hydrogen) atoms. The Morgan fingerprint density at radius 3 is 2.68 bits per heavy atom. The number of carbonyl (C=O) groups excluding carboxylic acids is 1. The summed E-state index contributed by atoms with van der Waals surface area (Å²) < 4.78 is 5.81. The van der Waals surface area contributed by atoms with Gasteiger partial charge in [-0.15, -0.1) is 0 Å². The summed E-state index contributed by atoms with van der Waals surface area (Å²) >= 11 is 0. The van der Waals surface area contributed by atoms with Crippen LogP contribution < -0.4 is 5.32 Å². The highest BCUT2D eigenvalue weighted by Gasteiger charge is 2.32. The van der Waals surface area contributed by atoms with Gasteiger partial charge >= 0.3 is 0 Å². The first-order chi connectivity index (χ1) is 12.3. The van der Waals surface area contributed by atoms with Crippen LogP contribution in [-0.2, 0) is 16.1 Å². The Morgan fingerprint density at radius 1 is 1.20 bits per heavy atom. The van der Waals surface area contributed by atoms with E-state index >= 15 is 0 Å². The Bertz CT molecular complexity index is 529. The number of nitrogens with zero attached hydrogens (tertiary/aromatic N) is 2. The average molecular weight is 345 g/mol. The zero-order valence-electron chi connectivity index (χ0n) is 15.3. The van der Waals surface area contributed by atoms with Crippen molar-refractivity contribution >= 4 is 5.91 Å². The number of rotatable bonds is 6. The summed E-state index contributed by atoms with van der Waals surface area (Å²) in [4.78, 5) is 17.2. The number of hydrogen-bond donors (Lipinski definition) is 1. The topological polar surface area (TPSA) is 44.8 Å². The van der Waals surface area contributed by atoms with E-state index in [9.17, 15) is 4.79 Å². The van der Waals surface area contributed by atoms with E-state index in [1.165, 1.54) is 12.0 Å². The molecule has 0 radical (unpaired) electrons. The largest absolute Gasteiger partial charge is 0.366 e. The number of morpholine rings is 1. The van der Waals surface area contributed by atoms with Gasteiger partial charge in [0.2, 0.25) is 0 Å². The Morgan fingerprint density at radius 2 is 1.96 bits per heavy atom. The molecule has 0 aromatic heterocycles. The number of likely N-dealkylation sites (tertiary alicyclic amines) is 1. The van der Waals surface area contributed by atoms with Gasteiger partial charge in [0.05, 0.1) is 6.61 Å². The summed E-state index contributed by atoms with van der Waals surface area (Å²) in [6.07, 6.45) is 3.15. The fraction of sp³-hybridized carbons (Fsp3) is 0.650. The van der Waals surface area contributed by atoms with Crippen molar-refractivity contribution in [2.75, 3.05) is 46.4 Å². The third kappa shape index (κ3) is 5.27. The van der Waals surface area contributed by atoms with Crippen molar-refractivity contribution in [3.63, 3.8) is 0 Å². The predicted octanol–water partition coefficient (Wildman–Crippen LogP) is 1.74. The molecule has 5 nitrogen and oxygen atoms in total. The molecule has 1 amide bonds. The fourth-order valence-corrected chi connectivity index (χ4v) is 3.83. The Hall–Kier alpha value is -1.43. The second kappa shape index (κ2) is 9.32. The van der Waals surface area contributed by atoms with Crippen LogP contribution in [0.3, 0.4) is 0 Å². The minimum absolute atomic E-state index is 0.185. The molecular weight excluding hydrogens is 314 g/mol. The van der Waals surface area contributed by atoms with Crippen LogP contribution in [0.4, 0.5) is 0 Å². The molecule has 2 saturated heterocycles. The minimum Gasteiger partial charge on any atom is -0.366 e. The van der Waals surface area contributed by atoms with Crippen molar-refractivity contribution in [1.29, 1.82) is 0 Å². The van der Waals surface area contributed by atoms with E-state index in [4.69, 9.17) is 4.74 Å². The lowest BCUT2D eigenvalue weighted by molar-refractivity contribution is -0.151. The van der Waals surface area contributed by atoms with Gasteiger partial charge in [0.1, 0.15) is 6.10 Å². The molecule has 5 heteroatoms. The zero-order chi connectivity index (χ0) is 17.5. The fourth-order valence-electron chi connectivity index (χ4n) is 3.83. The van der Waals surface area contributed by atoms with E-state index in [2.05, 4.69) is 34.5 Å². The molecule has 2 aliphatic heterocycles. The van der Waals surface area contributed by atoms with Crippen molar-refractivity contribution in [2.24, 2.45) is 5.92 Å². The summed E-state index contributed by atoms with van der Waals surface area (Å²) in [6.45, 7) is 5.95. The van der Waals surface area contributed by atoms with E-state index in [0.717, 1.165) is 51.5 Å². The van der Waals surface area contributed by atoms with Crippen molar-refractivity contribution in [2.45, 2.75) is 31.9 Å². The first-order valence-corrected chi connectivity index (χ1v) is 9.57. The summed E-state index contributed by atoms with van der Waals surface area (Å²) in [5.41, 5.74) is 1.29. The molecule has 0 saturated carbocycles. The number of piperidine rings is 1. The number of benzene rings is 1. The molecule has 1 N–H and O–H groups in total. The maximum atomic E-state index is 12.8. The van der Waals surface area contributed by atoms with E-state index in [0.29, 0.717) is 13.2 Å². The summed E-state index contributed by atoms with van der Waals surface area (Å²) in [5.74, 6) is 0.934. The van der Waals surface area contributed by atoms with Crippen LogP contribution in [-0.4, -0.2) is 68.2 Å². The van der Waals surface area contributed by atoms with Crippen LogP contribution in [0.25, 0.3) is 0 Å². The van der Waals surface area contributed by atoms with E-state index < -0.39 is 0 Å². The SMILES string of the molecule is CNCCC1CCN(C(=O)C2CN(Cc3ccccc3)CCO2)CC1. The summed E-state index contributed by atoms with van der Waals surface area (Å²) in [7, 11) is 2.00.